The van der Waals surface area contributed by atoms with Gasteiger partial charge in [-0.15, -0.1) is 0 Å². The van der Waals surface area contributed by atoms with Crippen molar-refractivity contribution < 1.29 is 4.79 Å². The molecule has 0 aliphatic carbocycles. The number of likely N-dealkylation sites (tertiary alicyclic amines) is 1. The summed E-state index contributed by atoms with van der Waals surface area (Å²) in [5, 5.41) is 3.03. The molecule has 4 rings (SSSR count). The minimum Gasteiger partial charge on any atom is -0.334 e. The molecule has 1 saturated heterocycles. The van der Waals surface area contributed by atoms with Crippen molar-refractivity contribution >= 4 is 6.03 Å². The molecule has 1 fully saturated rings. The van der Waals surface area contributed by atoms with Crippen LogP contribution in [-0.4, -0.2) is 38.6 Å². The van der Waals surface area contributed by atoms with Crippen molar-refractivity contribution in [1.29, 1.82) is 0 Å². The second kappa shape index (κ2) is 8.90. The molecule has 1 aromatic carbocycles. The van der Waals surface area contributed by atoms with Crippen molar-refractivity contribution in [2.24, 2.45) is 5.92 Å². The molecule has 1 N–H and O–H groups in total. The van der Waals surface area contributed by atoms with Crippen LogP contribution >= 0.6 is 0 Å². The highest BCUT2D eigenvalue weighted by atomic mass is 16.2. The first kappa shape index (κ1) is 19.2. The van der Waals surface area contributed by atoms with E-state index in [1.807, 2.05) is 59.8 Å². The average Bonchev–Trinajstić information content (AvgIpc) is 3.14. The quantitative estimate of drug-likeness (QED) is 0.720. The summed E-state index contributed by atoms with van der Waals surface area (Å²) < 4.78 is 2.28. The van der Waals surface area contributed by atoms with Crippen molar-refractivity contribution in [3.63, 3.8) is 0 Å². The van der Waals surface area contributed by atoms with Crippen LogP contribution in [0.2, 0.25) is 0 Å². The zero-order valence-electron chi connectivity index (χ0n) is 16.8. The van der Waals surface area contributed by atoms with E-state index in [1.54, 1.807) is 6.20 Å². The van der Waals surface area contributed by atoms with Crippen molar-refractivity contribution in [3.8, 4) is 11.4 Å². The maximum Gasteiger partial charge on any atom is 0.317 e. The van der Waals surface area contributed by atoms with E-state index in [4.69, 9.17) is 0 Å². The van der Waals surface area contributed by atoms with Crippen LogP contribution in [0.25, 0.3) is 11.4 Å². The second-order valence-electron chi connectivity index (χ2n) is 7.65. The molecule has 2 amide bonds. The number of piperidine rings is 1. The minimum absolute atomic E-state index is 0.0298. The minimum atomic E-state index is 0.0298. The molecule has 6 nitrogen and oxygen atoms in total. The van der Waals surface area contributed by atoms with Gasteiger partial charge in [0.15, 0.2) is 0 Å². The predicted octanol–water partition coefficient (Wildman–Crippen LogP) is 3.88. The summed E-state index contributed by atoms with van der Waals surface area (Å²) in [6.07, 6.45) is 7.57. The first-order valence-electron chi connectivity index (χ1n) is 10.2. The van der Waals surface area contributed by atoms with E-state index in [0.29, 0.717) is 12.5 Å². The van der Waals surface area contributed by atoms with Gasteiger partial charge in [-0.1, -0.05) is 30.3 Å². The number of rotatable bonds is 5. The second-order valence-corrected chi connectivity index (χ2v) is 7.65. The van der Waals surface area contributed by atoms with E-state index in [9.17, 15) is 4.79 Å². The number of aromatic nitrogens is 3. The average molecular weight is 390 g/mol. The highest BCUT2D eigenvalue weighted by molar-refractivity contribution is 5.74. The summed E-state index contributed by atoms with van der Waals surface area (Å²) in [7, 11) is 0. The summed E-state index contributed by atoms with van der Waals surface area (Å²) in [6.45, 7) is 5.18. The molecular formula is C23H27N5O. The Balaban J connectivity index is 1.32. The highest BCUT2D eigenvalue weighted by Gasteiger charge is 2.24. The molecule has 0 radical (unpaired) electrons. The van der Waals surface area contributed by atoms with Gasteiger partial charge >= 0.3 is 6.03 Å². The van der Waals surface area contributed by atoms with Gasteiger partial charge in [-0.25, -0.2) is 9.78 Å². The molecule has 150 valence electrons. The zero-order chi connectivity index (χ0) is 20.1. The van der Waals surface area contributed by atoms with Gasteiger partial charge in [0.1, 0.15) is 5.82 Å². The third-order valence-electron chi connectivity index (χ3n) is 5.60. The van der Waals surface area contributed by atoms with Crippen LogP contribution in [0.15, 0.2) is 61.1 Å². The number of pyridine rings is 1. The fraction of sp³-hybridized carbons (Fsp3) is 0.348. The molecule has 1 aliphatic heterocycles. The maximum absolute atomic E-state index is 12.5. The number of carbonyl (C=O) groups excluding carboxylic acids is 1. The number of urea groups is 1. The van der Waals surface area contributed by atoms with Gasteiger partial charge in [0.2, 0.25) is 0 Å². The van der Waals surface area contributed by atoms with E-state index in [-0.39, 0.29) is 6.03 Å². The molecule has 0 bridgehead atoms. The SMILES string of the molecule is Cc1cnc(-c2cccnc2)n1CC1CCN(C(=O)NCc2ccccc2)CC1. The lowest BCUT2D eigenvalue weighted by atomic mass is 9.96. The molecule has 3 heterocycles. The third kappa shape index (κ3) is 4.65. The smallest absolute Gasteiger partial charge is 0.317 e. The number of aryl methyl sites for hydroxylation is 1. The Hall–Kier alpha value is -3.15. The van der Waals surface area contributed by atoms with Gasteiger partial charge in [0.05, 0.1) is 0 Å². The number of benzene rings is 1. The molecular weight excluding hydrogens is 362 g/mol. The number of nitrogens with zero attached hydrogens (tertiary/aromatic N) is 4. The normalized spacial score (nSPS) is 14.7. The van der Waals surface area contributed by atoms with Crippen LogP contribution < -0.4 is 5.32 Å². The highest BCUT2D eigenvalue weighted by Crippen LogP contribution is 2.24. The van der Waals surface area contributed by atoms with E-state index >= 15 is 0 Å². The lowest BCUT2D eigenvalue weighted by Crippen LogP contribution is -2.44. The molecule has 6 heteroatoms. The largest absolute Gasteiger partial charge is 0.334 e. The van der Waals surface area contributed by atoms with Gasteiger partial charge in [-0.05, 0) is 43.4 Å². The molecule has 0 saturated carbocycles. The van der Waals surface area contributed by atoms with E-state index in [1.165, 1.54) is 0 Å². The van der Waals surface area contributed by atoms with Gasteiger partial charge in [0, 0.05) is 56.0 Å². The van der Waals surface area contributed by atoms with Crippen LogP contribution in [0.4, 0.5) is 4.79 Å². The third-order valence-corrected chi connectivity index (χ3v) is 5.60. The summed E-state index contributed by atoms with van der Waals surface area (Å²) in [6, 6.07) is 14.0. The Kier molecular flexibility index (Phi) is 5.89. The van der Waals surface area contributed by atoms with Gasteiger partial charge < -0.3 is 14.8 Å². The molecule has 0 atom stereocenters. The monoisotopic (exact) mass is 389 g/mol. The maximum atomic E-state index is 12.5. The van der Waals surface area contributed by atoms with E-state index < -0.39 is 0 Å². The summed E-state index contributed by atoms with van der Waals surface area (Å²) in [5.74, 6) is 1.51. The lowest BCUT2D eigenvalue weighted by molar-refractivity contribution is 0.165. The Bertz CT molecular complexity index is 930. The summed E-state index contributed by atoms with van der Waals surface area (Å²) in [4.78, 5) is 23.2. The predicted molar refractivity (Wildman–Crippen MR) is 113 cm³/mol. The van der Waals surface area contributed by atoms with Crippen LogP contribution in [0.3, 0.4) is 0 Å². The van der Waals surface area contributed by atoms with Gasteiger partial charge in [-0.2, -0.15) is 0 Å². The number of amides is 2. The number of hydrogen-bond acceptors (Lipinski definition) is 3. The number of imidazole rings is 1. The summed E-state index contributed by atoms with van der Waals surface area (Å²) >= 11 is 0. The molecule has 29 heavy (non-hydrogen) atoms. The topological polar surface area (TPSA) is 63.1 Å². The van der Waals surface area contributed by atoms with Crippen molar-refractivity contribution in [1.82, 2.24) is 24.8 Å². The van der Waals surface area contributed by atoms with Gasteiger partial charge in [-0.3, -0.25) is 4.98 Å². The first-order valence-corrected chi connectivity index (χ1v) is 10.2. The number of carbonyl (C=O) groups is 1. The molecule has 1 aliphatic rings. The van der Waals surface area contributed by atoms with Crippen LogP contribution in [-0.2, 0) is 13.1 Å². The standard InChI is InChI=1S/C23H27N5O/c1-18-14-25-22(21-8-5-11-24-16-21)28(18)17-20-9-12-27(13-10-20)23(29)26-15-19-6-3-2-4-7-19/h2-8,11,14,16,20H,9-10,12-13,15,17H2,1H3,(H,26,29). The molecule has 0 spiro atoms. The van der Waals surface area contributed by atoms with Crippen molar-refractivity contribution in [2.45, 2.75) is 32.9 Å². The molecule has 3 aromatic rings. The fourth-order valence-corrected chi connectivity index (χ4v) is 3.88. The Labute approximate surface area is 171 Å². The number of nitrogens with one attached hydrogen (secondary N) is 1. The van der Waals surface area contributed by atoms with E-state index in [0.717, 1.165) is 55.1 Å². The molecule has 0 unspecified atom stereocenters. The van der Waals surface area contributed by atoms with Crippen LogP contribution in [0.5, 0.6) is 0 Å². The lowest BCUT2D eigenvalue weighted by Gasteiger charge is -2.32. The Morgan fingerprint density at radius 1 is 1.10 bits per heavy atom. The van der Waals surface area contributed by atoms with Crippen LogP contribution in [0.1, 0.15) is 24.1 Å². The van der Waals surface area contributed by atoms with Crippen molar-refractivity contribution in [3.05, 3.63) is 72.3 Å². The van der Waals surface area contributed by atoms with Gasteiger partial charge in [0.25, 0.3) is 0 Å². The number of hydrogen-bond donors (Lipinski definition) is 1. The Morgan fingerprint density at radius 2 is 1.90 bits per heavy atom. The van der Waals surface area contributed by atoms with E-state index in [2.05, 4.69) is 26.8 Å². The zero-order valence-corrected chi connectivity index (χ0v) is 16.8. The summed E-state index contributed by atoms with van der Waals surface area (Å²) in [5.41, 5.74) is 3.32. The van der Waals surface area contributed by atoms with Crippen molar-refractivity contribution in [2.75, 3.05) is 13.1 Å². The first-order chi connectivity index (χ1) is 14.2. The fourth-order valence-electron chi connectivity index (χ4n) is 3.88. The molecule has 2 aromatic heterocycles. The van der Waals surface area contributed by atoms with Crippen LogP contribution in [0, 0.1) is 12.8 Å². The Morgan fingerprint density at radius 3 is 2.62 bits per heavy atom.